The van der Waals surface area contributed by atoms with E-state index >= 15 is 0 Å². The first-order valence-electron chi connectivity index (χ1n) is 8.94. The van der Waals surface area contributed by atoms with Gasteiger partial charge >= 0.3 is 0 Å². The predicted molar refractivity (Wildman–Crippen MR) is 104 cm³/mol. The van der Waals surface area contributed by atoms with E-state index in [9.17, 15) is 9.59 Å². The molecule has 2 N–H and O–H groups in total. The van der Waals surface area contributed by atoms with Crippen molar-refractivity contribution >= 4 is 27.7 Å². The number of hydrogen-bond acceptors (Lipinski definition) is 4. The summed E-state index contributed by atoms with van der Waals surface area (Å²) in [6.45, 7) is 0.637. The Labute approximate surface area is 159 Å². The van der Waals surface area contributed by atoms with E-state index in [0.717, 1.165) is 21.9 Å². The van der Waals surface area contributed by atoms with Crippen LogP contribution >= 0.6 is 0 Å². The number of nitrogens with one attached hydrogen (secondary N) is 2. The van der Waals surface area contributed by atoms with E-state index in [1.54, 1.807) is 10.8 Å². The van der Waals surface area contributed by atoms with Gasteiger partial charge in [-0.3, -0.25) is 9.59 Å². The van der Waals surface area contributed by atoms with Gasteiger partial charge in [-0.1, -0.05) is 24.3 Å². The van der Waals surface area contributed by atoms with Gasteiger partial charge in [-0.2, -0.15) is 0 Å². The zero-order valence-electron chi connectivity index (χ0n) is 14.9. The monoisotopic (exact) mass is 375 g/mol. The minimum atomic E-state index is -0.211. The Kier molecular flexibility index (Phi) is 3.79. The molecule has 0 spiro atoms. The molecule has 3 heterocycles. The van der Waals surface area contributed by atoms with Crippen LogP contribution in [-0.4, -0.2) is 22.3 Å². The average molecular weight is 375 g/mol. The minimum Gasteiger partial charge on any atom is -0.454 e. The number of rotatable bonds is 4. The van der Waals surface area contributed by atoms with Gasteiger partial charge < -0.3 is 24.3 Å². The van der Waals surface area contributed by atoms with Crippen molar-refractivity contribution in [2.75, 3.05) is 6.79 Å². The van der Waals surface area contributed by atoms with Crippen LogP contribution in [0.1, 0.15) is 5.56 Å². The molecule has 0 unspecified atom stereocenters. The molecule has 0 bridgehead atoms. The second kappa shape index (κ2) is 6.45. The van der Waals surface area contributed by atoms with Gasteiger partial charge in [0, 0.05) is 29.0 Å². The van der Waals surface area contributed by atoms with Gasteiger partial charge in [0.2, 0.25) is 12.7 Å². The summed E-state index contributed by atoms with van der Waals surface area (Å²) in [5.41, 5.74) is 2.06. The molecule has 1 aliphatic rings. The third kappa shape index (κ3) is 2.68. The summed E-state index contributed by atoms with van der Waals surface area (Å²) in [4.78, 5) is 27.7. The standard InChI is InChI=1S/C21H17N3O4/c25-19(23-10-13-5-6-17-18(9-13)28-12-27-17)11-24-16-4-2-1-3-14(16)15-7-8-22-21(26)20(15)24/h1-9H,10-12H2,(H,22,26)(H,23,25). The normalized spacial score (nSPS) is 12.6. The third-order valence-corrected chi connectivity index (χ3v) is 4.92. The van der Waals surface area contributed by atoms with Crippen molar-refractivity contribution in [2.24, 2.45) is 0 Å². The first kappa shape index (κ1) is 16.4. The number of carbonyl (C=O) groups excluding carboxylic acids is 1. The fourth-order valence-corrected chi connectivity index (χ4v) is 3.63. The average Bonchev–Trinajstić information content (AvgIpc) is 3.30. The highest BCUT2D eigenvalue weighted by atomic mass is 16.7. The third-order valence-electron chi connectivity index (χ3n) is 4.92. The molecule has 7 heteroatoms. The molecule has 7 nitrogen and oxygen atoms in total. The van der Waals surface area contributed by atoms with Gasteiger partial charge in [0.1, 0.15) is 12.1 Å². The number of para-hydroxylation sites is 1. The number of aromatic nitrogens is 2. The Morgan fingerprint density at radius 1 is 1.07 bits per heavy atom. The largest absolute Gasteiger partial charge is 0.454 e. The highest BCUT2D eigenvalue weighted by Crippen LogP contribution is 2.32. The fraction of sp³-hybridized carbons (Fsp3) is 0.143. The number of aromatic amines is 1. The van der Waals surface area contributed by atoms with Crippen LogP contribution < -0.4 is 20.3 Å². The van der Waals surface area contributed by atoms with E-state index in [0.29, 0.717) is 23.6 Å². The molecule has 1 aliphatic heterocycles. The Morgan fingerprint density at radius 3 is 2.86 bits per heavy atom. The zero-order valence-corrected chi connectivity index (χ0v) is 14.9. The number of hydrogen-bond donors (Lipinski definition) is 2. The number of nitrogens with zero attached hydrogens (tertiary/aromatic N) is 1. The Hall–Kier alpha value is -3.74. The van der Waals surface area contributed by atoms with Crippen LogP contribution in [0.25, 0.3) is 21.8 Å². The lowest BCUT2D eigenvalue weighted by molar-refractivity contribution is -0.121. The fourth-order valence-electron chi connectivity index (χ4n) is 3.63. The molecule has 0 radical (unpaired) electrons. The maximum atomic E-state index is 12.6. The summed E-state index contributed by atoms with van der Waals surface area (Å²) >= 11 is 0. The van der Waals surface area contributed by atoms with Gasteiger partial charge in [-0.15, -0.1) is 0 Å². The second-order valence-electron chi connectivity index (χ2n) is 6.64. The van der Waals surface area contributed by atoms with Crippen molar-refractivity contribution in [1.29, 1.82) is 0 Å². The van der Waals surface area contributed by atoms with Crippen molar-refractivity contribution < 1.29 is 14.3 Å². The Morgan fingerprint density at radius 2 is 1.93 bits per heavy atom. The maximum absolute atomic E-state index is 12.6. The Balaban J connectivity index is 1.42. The lowest BCUT2D eigenvalue weighted by Gasteiger charge is -2.09. The first-order valence-corrected chi connectivity index (χ1v) is 8.94. The van der Waals surface area contributed by atoms with Crippen LogP contribution in [0, 0.1) is 0 Å². The molecule has 0 saturated carbocycles. The summed E-state index contributed by atoms with van der Waals surface area (Å²) in [5, 5.41) is 4.70. The molecule has 28 heavy (non-hydrogen) atoms. The molecular weight excluding hydrogens is 358 g/mol. The van der Waals surface area contributed by atoms with E-state index in [4.69, 9.17) is 9.47 Å². The number of H-pyrrole nitrogens is 1. The highest BCUT2D eigenvalue weighted by molar-refractivity contribution is 6.08. The topological polar surface area (TPSA) is 85.4 Å². The number of amides is 1. The van der Waals surface area contributed by atoms with Crippen LogP contribution in [0.5, 0.6) is 11.5 Å². The summed E-state index contributed by atoms with van der Waals surface area (Å²) < 4.78 is 12.4. The molecule has 4 aromatic rings. The van der Waals surface area contributed by atoms with Crippen LogP contribution in [0.3, 0.4) is 0 Å². The van der Waals surface area contributed by atoms with E-state index < -0.39 is 0 Å². The van der Waals surface area contributed by atoms with Crippen LogP contribution in [0.4, 0.5) is 0 Å². The quantitative estimate of drug-likeness (QED) is 0.574. The number of carbonyl (C=O) groups is 1. The predicted octanol–water partition coefficient (Wildman–Crippen LogP) is 2.53. The van der Waals surface area contributed by atoms with Gasteiger partial charge in [-0.05, 0) is 29.8 Å². The molecule has 0 saturated heterocycles. The number of fused-ring (bicyclic) bond motifs is 4. The lowest BCUT2D eigenvalue weighted by Crippen LogP contribution is -2.27. The SMILES string of the molecule is O=C(Cn1c2ccccc2c2cc[nH]c(=O)c21)NCc1ccc2c(c1)OCO2. The van der Waals surface area contributed by atoms with E-state index in [2.05, 4.69) is 10.3 Å². The van der Waals surface area contributed by atoms with Crippen LogP contribution in [0.2, 0.25) is 0 Å². The summed E-state index contributed by atoms with van der Waals surface area (Å²) in [7, 11) is 0. The van der Waals surface area contributed by atoms with E-state index in [1.165, 1.54) is 0 Å². The molecule has 1 amide bonds. The molecule has 0 aliphatic carbocycles. The Bertz CT molecular complexity index is 1270. The summed E-state index contributed by atoms with van der Waals surface area (Å²) in [5.74, 6) is 1.21. The molecule has 5 rings (SSSR count). The maximum Gasteiger partial charge on any atom is 0.272 e. The zero-order chi connectivity index (χ0) is 19.1. The van der Waals surface area contributed by atoms with Crippen molar-refractivity contribution in [3.05, 3.63) is 70.6 Å². The number of pyridine rings is 1. The van der Waals surface area contributed by atoms with Crippen LogP contribution in [-0.2, 0) is 17.9 Å². The number of benzene rings is 2. The second-order valence-corrected chi connectivity index (χ2v) is 6.64. The molecule has 140 valence electrons. The van der Waals surface area contributed by atoms with Crippen molar-refractivity contribution in [3.8, 4) is 11.5 Å². The molecule has 2 aromatic heterocycles. The van der Waals surface area contributed by atoms with E-state index in [-0.39, 0.29) is 24.8 Å². The van der Waals surface area contributed by atoms with Gasteiger partial charge in [0.05, 0.1) is 0 Å². The van der Waals surface area contributed by atoms with Crippen molar-refractivity contribution in [2.45, 2.75) is 13.1 Å². The molecule has 0 atom stereocenters. The highest BCUT2D eigenvalue weighted by Gasteiger charge is 2.16. The molecule has 0 fully saturated rings. The molecular formula is C21H17N3O4. The summed E-state index contributed by atoms with van der Waals surface area (Å²) in [6, 6.07) is 15.1. The number of ether oxygens (including phenoxy) is 2. The van der Waals surface area contributed by atoms with Crippen molar-refractivity contribution in [3.63, 3.8) is 0 Å². The van der Waals surface area contributed by atoms with Crippen LogP contribution in [0.15, 0.2) is 59.5 Å². The first-order chi connectivity index (χ1) is 13.7. The summed E-state index contributed by atoms with van der Waals surface area (Å²) in [6.07, 6.45) is 1.63. The minimum absolute atomic E-state index is 0.0572. The van der Waals surface area contributed by atoms with Gasteiger partial charge in [0.25, 0.3) is 5.56 Å². The smallest absolute Gasteiger partial charge is 0.272 e. The van der Waals surface area contributed by atoms with E-state index in [1.807, 2.05) is 48.5 Å². The lowest BCUT2D eigenvalue weighted by atomic mass is 10.2. The molecule has 2 aromatic carbocycles. The van der Waals surface area contributed by atoms with Crippen molar-refractivity contribution in [1.82, 2.24) is 14.9 Å². The van der Waals surface area contributed by atoms with Gasteiger partial charge in [0.15, 0.2) is 11.5 Å². The van der Waals surface area contributed by atoms with Gasteiger partial charge in [-0.25, -0.2) is 0 Å².